The second kappa shape index (κ2) is 10.3. The highest BCUT2D eigenvalue weighted by Gasteiger charge is 2.07. The Bertz CT molecular complexity index is 784. The number of nitrogens with one attached hydrogen (secondary N) is 1. The highest BCUT2D eigenvalue weighted by Crippen LogP contribution is 2.28. The summed E-state index contributed by atoms with van der Waals surface area (Å²) in [6.45, 7) is 6.84. The maximum Gasteiger partial charge on any atom is 0.244 e. The van der Waals surface area contributed by atoms with Crippen molar-refractivity contribution in [1.29, 1.82) is 0 Å². The summed E-state index contributed by atoms with van der Waals surface area (Å²) in [6.07, 6.45) is 3.32. The third kappa shape index (κ3) is 6.37. The molecule has 0 spiro atoms. The van der Waals surface area contributed by atoms with Gasteiger partial charge < -0.3 is 19.5 Å². The standard InChI is InChI=1S/C22H27NO4/c1-5-26-20-12-10-17(14-21(20)25-4)11-13-22(24)23-15-18-8-6-7-9-19(18)27-16(2)3/h6-14,16H,5,15H2,1-4H3,(H,23,24). The van der Waals surface area contributed by atoms with Crippen LogP contribution in [0.2, 0.25) is 0 Å². The summed E-state index contributed by atoms with van der Waals surface area (Å²) in [5, 5.41) is 2.88. The smallest absolute Gasteiger partial charge is 0.244 e. The molecule has 0 aliphatic carbocycles. The number of ether oxygens (including phenoxy) is 3. The molecular weight excluding hydrogens is 342 g/mol. The van der Waals surface area contributed by atoms with Crippen molar-refractivity contribution in [3.8, 4) is 17.2 Å². The molecule has 0 bridgehead atoms. The van der Waals surface area contributed by atoms with Crippen LogP contribution in [-0.4, -0.2) is 25.7 Å². The van der Waals surface area contributed by atoms with Crippen LogP contribution in [0.15, 0.2) is 48.5 Å². The number of carbonyl (C=O) groups excluding carboxylic acids is 1. The molecule has 5 nitrogen and oxygen atoms in total. The minimum absolute atomic E-state index is 0.0800. The van der Waals surface area contributed by atoms with Crippen LogP contribution < -0.4 is 19.5 Å². The van der Waals surface area contributed by atoms with E-state index in [-0.39, 0.29) is 12.0 Å². The van der Waals surface area contributed by atoms with Gasteiger partial charge in [-0.3, -0.25) is 4.79 Å². The molecule has 0 radical (unpaired) electrons. The first-order valence-corrected chi connectivity index (χ1v) is 9.04. The number of hydrogen-bond donors (Lipinski definition) is 1. The molecule has 5 heteroatoms. The predicted molar refractivity (Wildman–Crippen MR) is 107 cm³/mol. The Morgan fingerprint density at radius 2 is 1.89 bits per heavy atom. The zero-order valence-electron chi connectivity index (χ0n) is 16.3. The van der Waals surface area contributed by atoms with Crippen LogP contribution in [0.5, 0.6) is 17.2 Å². The van der Waals surface area contributed by atoms with Gasteiger partial charge >= 0.3 is 0 Å². The Kier molecular flexibility index (Phi) is 7.74. The van der Waals surface area contributed by atoms with Gasteiger partial charge in [-0.25, -0.2) is 0 Å². The third-order valence-corrected chi connectivity index (χ3v) is 3.70. The summed E-state index contributed by atoms with van der Waals surface area (Å²) >= 11 is 0. The average molecular weight is 369 g/mol. The van der Waals surface area contributed by atoms with Crippen LogP contribution in [-0.2, 0) is 11.3 Å². The Labute approximate surface area is 161 Å². The predicted octanol–water partition coefficient (Wildman–Crippen LogP) is 4.21. The van der Waals surface area contributed by atoms with Crippen LogP contribution in [0.1, 0.15) is 31.9 Å². The van der Waals surface area contributed by atoms with Gasteiger partial charge in [-0.2, -0.15) is 0 Å². The SMILES string of the molecule is CCOc1ccc(C=CC(=O)NCc2ccccc2OC(C)C)cc1OC. The zero-order valence-corrected chi connectivity index (χ0v) is 16.3. The number of benzene rings is 2. The summed E-state index contributed by atoms with van der Waals surface area (Å²) in [6, 6.07) is 13.2. The fourth-order valence-electron chi connectivity index (χ4n) is 2.49. The Morgan fingerprint density at radius 1 is 1.11 bits per heavy atom. The number of amides is 1. The van der Waals surface area contributed by atoms with Crippen LogP contribution in [0, 0.1) is 0 Å². The van der Waals surface area contributed by atoms with Crippen LogP contribution >= 0.6 is 0 Å². The van der Waals surface area contributed by atoms with Gasteiger partial charge in [-0.05, 0) is 50.6 Å². The molecule has 144 valence electrons. The van der Waals surface area contributed by atoms with E-state index < -0.39 is 0 Å². The Morgan fingerprint density at radius 3 is 2.59 bits per heavy atom. The van der Waals surface area contributed by atoms with Crippen molar-refractivity contribution in [3.63, 3.8) is 0 Å². The molecule has 27 heavy (non-hydrogen) atoms. The minimum Gasteiger partial charge on any atom is -0.493 e. The molecule has 0 saturated carbocycles. The lowest BCUT2D eigenvalue weighted by Gasteiger charge is -2.14. The second-order valence-electron chi connectivity index (χ2n) is 6.17. The minimum atomic E-state index is -0.179. The summed E-state index contributed by atoms with van der Waals surface area (Å²) in [5.74, 6) is 1.93. The number of methoxy groups -OCH3 is 1. The first-order chi connectivity index (χ1) is 13.0. The molecule has 0 heterocycles. The molecule has 0 atom stereocenters. The van der Waals surface area contributed by atoms with Crippen molar-refractivity contribution >= 4 is 12.0 Å². The Balaban J connectivity index is 1.98. The van der Waals surface area contributed by atoms with E-state index in [1.165, 1.54) is 6.08 Å². The Hall–Kier alpha value is -2.95. The molecule has 0 saturated heterocycles. The van der Waals surface area contributed by atoms with Crippen molar-refractivity contribution in [2.45, 2.75) is 33.4 Å². The highest BCUT2D eigenvalue weighted by atomic mass is 16.5. The van der Waals surface area contributed by atoms with Crippen molar-refractivity contribution < 1.29 is 19.0 Å². The fourth-order valence-corrected chi connectivity index (χ4v) is 2.49. The monoisotopic (exact) mass is 369 g/mol. The lowest BCUT2D eigenvalue weighted by molar-refractivity contribution is -0.116. The zero-order chi connectivity index (χ0) is 19.6. The molecule has 0 aliphatic heterocycles. The summed E-state index contributed by atoms with van der Waals surface area (Å²) in [4.78, 5) is 12.2. The summed E-state index contributed by atoms with van der Waals surface area (Å²) in [5.41, 5.74) is 1.80. The van der Waals surface area contributed by atoms with E-state index in [9.17, 15) is 4.79 Å². The van der Waals surface area contributed by atoms with Gasteiger partial charge in [0.25, 0.3) is 0 Å². The molecule has 0 aromatic heterocycles. The first kappa shape index (κ1) is 20.4. The number of hydrogen-bond acceptors (Lipinski definition) is 4. The molecule has 1 N–H and O–H groups in total. The van der Waals surface area contributed by atoms with Crippen molar-refractivity contribution in [2.24, 2.45) is 0 Å². The van der Waals surface area contributed by atoms with E-state index in [0.29, 0.717) is 24.7 Å². The molecule has 1 amide bonds. The molecule has 0 fully saturated rings. The lowest BCUT2D eigenvalue weighted by Crippen LogP contribution is -2.21. The van der Waals surface area contributed by atoms with Gasteiger partial charge in [-0.1, -0.05) is 24.3 Å². The third-order valence-electron chi connectivity index (χ3n) is 3.70. The van der Waals surface area contributed by atoms with Gasteiger partial charge in [0.2, 0.25) is 5.91 Å². The quantitative estimate of drug-likeness (QED) is 0.673. The molecular formula is C22H27NO4. The molecule has 2 aromatic rings. The van der Waals surface area contributed by atoms with E-state index in [2.05, 4.69) is 5.32 Å². The van der Waals surface area contributed by atoms with E-state index in [4.69, 9.17) is 14.2 Å². The van der Waals surface area contributed by atoms with E-state index >= 15 is 0 Å². The second-order valence-corrected chi connectivity index (χ2v) is 6.17. The number of carbonyl (C=O) groups is 1. The average Bonchev–Trinajstić information content (AvgIpc) is 2.66. The van der Waals surface area contributed by atoms with Gasteiger partial charge in [0.15, 0.2) is 11.5 Å². The van der Waals surface area contributed by atoms with Gasteiger partial charge in [0, 0.05) is 18.2 Å². The molecule has 0 unspecified atom stereocenters. The normalized spacial score (nSPS) is 10.9. The number of para-hydroxylation sites is 1. The first-order valence-electron chi connectivity index (χ1n) is 9.04. The van der Waals surface area contributed by atoms with Crippen LogP contribution in [0.4, 0.5) is 0 Å². The van der Waals surface area contributed by atoms with Gasteiger partial charge in [-0.15, -0.1) is 0 Å². The largest absolute Gasteiger partial charge is 0.493 e. The van der Waals surface area contributed by atoms with E-state index in [1.807, 2.05) is 63.2 Å². The lowest BCUT2D eigenvalue weighted by atomic mass is 10.1. The molecule has 2 rings (SSSR count). The van der Waals surface area contributed by atoms with Crippen molar-refractivity contribution in [1.82, 2.24) is 5.32 Å². The van der Waals surface area contributed by atoms with Crippen molar-refractivity contribution in [3.05, 3.63) is 59.7 Å². The number of rotatable bonds is 9. The topological polar surface area (TPSA) is 56.8 Å². The van der Waals surface area contributed by atoms with Crippen molar-refractivity contribution in [2.75, 3.05) is 13.7 Å². The van der Waals surface area contributed by atoms with Crippen LogP contribution in [0.3, 0.4) is 0 Å². The maximum atomic E-state index is 12.2. The van der Waals surface area contributed by atoms with Gasteiger partial charge in [0.1, 0.15) is 5.75 Å². The molecule has 2 aromatic carbocycles. The van der Waals surface area contributed by atoms with Gasteiger partial charge in [0.05, 0.1) is 19.8 Å². The maximum absolute atomic E-state index is 12.2. The summed E-state index contributed by atoms with van der Waals surface area (Å²) < 4.78 is 16.6. The fraction of sp³-hybridized carbons (Fsp3) is 0.318. The van der Waals surface area contributed by atoms with E-state index in [0.717, 1.165) is 16.9 Å². The highest BCUT2D eigenvalue weighted by molar-refractivity contribution is 5.91. The molecule has 0 aliphatic rings. The van der Waals surface area contributed by atoms with Crippen LogP contribution in [0.25, 0.3) is 6.08 Å². The van der Waals surface area contributed by atoms with E-state index in [1.54, 1.807) is 13.2 Å². The summed E-state index contributed by atoms with van der Waals surface area (Å²) in [7, 11) is 1.59.